The van der Waals surface area contributed by atoms with Gasteiger partial charge < -0.3 is 14.2 Å². The SMILES string of the molecule is COC(=O)CC[C@H]1CN(Cc2ccc(OC)c(C)c2C)CC[C@H]1N1CCOCC1. The zero-order chi connectivity index (χ0) is 20.8. The molecule has 0 aromatic heterocycles. The van der Waals surface area contributed by atoms with Gasteiger partial charge in [0, 0.05) is 38.6 Å². The molecule has 2 fully saturated rings. The molecule has 0 saturated carbocycles. The van der Waals surface area contributed by atoms with Crippen LogP contribution in [0.15, 0.2) is 12.1 Å². The minimum absolute atomic E-state index is 0.107. The number of carbonyl (C=O) groups is 1. The lowest BCUT2D eigenvalue weighted by atomic mass is 9.86. The Balaban J connectivity index is 1.68. The fourth-order valence-corrected chi connectivity index (χ4v) is 4.80. The maximum absolute atomic E-state index is 11.8. The third-order valence-electron chi connectivity index (χ3n) is 6.70. The number of methoxy groups -OCH3 is 2. The number of rotatable bonds is 7. The van der Waals surface area contributed by atoms with Crippen molar-refractivity contribution in [1.29, 1.82) is 0 Å². The molecule has 29 heavy (non-hydrogen) atoms. The fourth-order valence-electron chi connectivity index (χ4n) is 4.80. The van der Waals surface area contributed by atoms with Gasteiger partial charge in [-0.25, -0.2) is 0 Å². The lowest BCUT2D eigenvalue weighted by molar-refractivity contribution is -0.141. The van der Waals surface area contributed by atoms with E-state index in [9.17, 15) is 4.79 Å². The van der Waals surface area contributed by atoms with E-state index in [0.29, 0.717) is 18.4 Å². The molecular weight excluding hydrogens is 368 g/mol. The lowest BCUT2D eigenvalue weighted by Crippen LogP contribution is -2.53. The van der Waals surface area contributed by atoms with Crippen LogP contribution in [0.2, 0.25) is 0 Å². The van der Waals surface area contributed by atoms with Gasteiger partial charge in [0.25, 0.3) is 0 Å². The number of piperidine rings is 1. The highest BCUT2D eigenvalue weighted by atomic mass is 16.5. The van der Waals surface area contributed by atoms with Gasteiger partial charge >= 0.3 is 5.97 Å². The Morgan fingerprint density at radius 3 is 2.59 bits per heavy atom. The second-order valence-corrected chi connectivity index (χ2v) is 8.29. The molecule has 3 rings (SSSR count). The van der Waals surface area contributed by atoms with E-state index in [2.05, 4.69) is 35.8 Å². The number of morpholine rings is 1. The second-order valence-electron chi connectivity index (χ2n) is 8.29. The molecular formula is C23H36N2O4. The molecule has 2 heterocycles. The van der Waals surface area contributed by atoms with Crippen LogP contribution in [0, 0.1) is 19.8 Å². The van der Waals surface area contributed by atoms with Gasteiger partial charge in [-0.05, 0) is 61.9 Å². The quantitative estimate of drug-likeness (QED) is 0.652. The van der Waals surface area contributed by atoms with Gasteiger partial charge in [-0.1, -0.05) is 6.07 Å². The van der Waals surface area contributed by atoms with Crippen molar-refractivity contribution in [2.75, 3.05) is 53.6 Å². The van der Waals surface area contributed by atoms with Crippen molar-refractivity contribution in [3.63, 3.8) is 0 Å². The largest absolute Gasteiger partial charge is 0.496 e. The first kappa shape index (κ1) is 22.1. The van der Waals surface area contributed by atoms with Gasteiger partial charge in [0.1, 0.15) is 5.75 Å². The van der Waals surface area contributed by atoms with Crippen LogP contribution in [0.4, 0.5) is 0 Å². The molecule has 1 aromatic carbocycles. The van der Waals surface area contributed by atoms with E-state index in [-0.39, 0.29) is 5.97 Å². The fraction of sp³-hybridized carbons (Fsp3) is 0.696. The molecule has 0 aliphatic carbocycles. The van der Waals surface area contributed by atoms with Crippen LogP contribution in [0.5, 0.6) is 5.75 Å². The highest BCUT2D eigenvalue weighted by Gasteiger charge is 2.34. The number of ether oxygens (including phenoxy) is 3. The van der Waals surface area contributed by atoms with Gasteiger partial charge in [-0.15, -0.1) is 0 Å². The van der Waals surface area contributed by atoms with Crippen LogP contribution in [0.25, 0.3) is 0 Å². The summed E-state index contributed by atoms with van der Waals surface area (Å²) < 4.78 is 15.9. The first-order valence-electron chi connectivity index (χ1n) is 10.8. The van der Waals surface area contributed by atoms with Crippen molar-refractivity contribution >= 4 is 5.97 Å². The van der Waals surface area contributed by atoms with Crippen LogP contribution in [0.3, 0.4) is 0 Å². The summed E-state index contributed by atoms with van der Waals surface area (Å²) >= 11 is 0. The third kappa shape index (κ3) is 5.50. The van der Waals surface area contributed by atoms with Gasteiger partial charge in [0.2, 0.25) is 0 Å². The number of hydrogen-bond acceptors (Lipinski definition) is 6. The third-order valence-corrected chi connectivity index (χ3v) is 6.70. The van der Waals surface area contributed by atoms with Crippen LogP contribution >= 0.6 is 0 Å². The molecule has 0 unspecified atom stereocenters. The average Bonchev–Trinajstić information content (AvgIpc) is 2.76. The van der Waals surface area contributed by atoms with E-state index < -0.39 is 0 Å². The summed E-state index contributed by atoms with van der Waals surface area (Å²) in [4.78, 5) is 16.9. The van der Waals surface area contributed by atoms with E-state index in [1.165, 1.54) is 23.8 Å². The maximum atomic E-state index is 11.8. The Morgan fingerprint density at radius 1 is 1.14 bits per heavy atom. The molecule has 6 nitrogen and oxygen atoms in total. The predicted molar refractivity (Wildman–Crippen MR) is 113 cm³/mol. The average molecular weight is 405 g/mol. The van der Waals surface area contributed by atoms with Crippen LogP contribution in [0.1, 0.15) is 36.0 Å². The van der Waals surface area contributed by atoms with E-state index in [4.69, 9.17) is 14.2 Å². The first-order chi connectivity index (χ1) is 14.0. The maximum Gasteiger partial charge on any atom is 0.305 e. The highest BCUT2D eigenvalue weighted by molar-refractivity contribution is 5.69. The minimum Gasteiger partial charge on any atom is -0.496 e. The van der Waals surface area contributed by atoms with Crippen LogP contribution in [-0.4, -0.2) is 75.4 Å². The number of hydrogen-bond donors (Lipinski definition) is 0. The van der Waals surface area contributed by atoms with Gasteiger partial charge in [-0.3, -0.25) is 14.6 Å². The van der Waals surface area contributed by atoms with Crippen molar-refractivity contribution in [1.82, 2.24) is 9.80 Å². The summed E-state index contributed by atoms with van der Waals surface area (Å²) in [5, 5.41) is 0. The summed E-state index contributed by atoms with van der Waals surface area (Å²) in [6.07, 6.45) is 2.52. The molecule has 162 valence electrons. The number of carbonyl (C=O) groups excluding carboxylic acids is 1. The molecule has 6 heteroatoms. The Morgan fingerprint density at radius 2 is 1.90 bits per heavy atom. The zero-order valence-corrected chi connectivity index (χ0v) is 18.4. The normalized spacial score (nSPS) is 23.7. The molecule has 0 amide bonds. The van der Waals surface area contributed by atoms with Gasteiger partial charge in [-0.2, -0.15) is 0 Å². The van der Waals surface area contributed by atoms with Crippen LogP contribution in [-0.2, 0) is 20.8 Å². The van der Waals surface area contributed by atoms with E-state index in [1.807, 2.05) is 0 Å². The minimum atomic E-state index is -0.107. The molecule has 2 aliphatic heterocycles. The Kier molecular flexibility index (Phi) is 7.92. The molecule has 0 radical (unpaired) electrons. The Bertz CT molecular complexity index is 688. The summed E-state index contributed by atoms with van der Waals surface area (Å²) in [5.74, 6) is 1.32. The molecule has 0 spiro atoms. The van der Waals surface area contributed by atoms with E-state index in [1.54, 1.807) is 7.11 Å². The van der Waals surface area contributed by atoms with E-state index >= 15 is 0 Å². The predicted octanol–water partition coefficient (Wildman–Crippen LogP) is 2.79. The first-order valence-corrected chi connectivity index (χ1v) is 10.8. The smallest absolute Gasteiger partial charge is 0.305 e. The van der Waals surface area contributed by atoms with Crippen molar-refractivity contribution in [2.45, 2.75) is 45.7 Å². The lowest BCUT2D eigenvalue weighted by Gasteiger charge is -2.45. The molecule has 2 aliphatic rings. The van der Waals surface area contributed by atoms with Crippen molar-refractivity contribution in [3.05, 3.63) is 28.8 Å². The molecule has 2 atom stereocenters. The van der Waals surface area contributed by atoms with Crippen molar-refractivity contribution in [2.24, 2.45) is 5.92 Å². The van der Waals surface area contributed by atoms with Gasteiger partial charge in [0.05, 0.1) is 27.4 Å². The number of likely N-dealkylation sites (tertiary alicyclic amines) is 1. The summed E-state index contributed by atoms with van der Waals surface area (Å²) in [7, 11) is 3.20. The highest BCUT2D eigenvalue weighted by Crippen LogP contribution is 2.30. The Hall–Kier alpha value is -1.63. The van der Waals surface area contributed by atoms with Crippen molar-refractivity contribution in [3.8, 4) is 5.75 Å². The molecule has 2 saturated heterocycles. The summed E-state index contributed by atoms with van der Waals surface area (Å²) in [6.45, 7) is 11.0. The zero-order valence-electron chi connectivity index (χ0n) is 18.4. The summed E-state index contributed by atoms with van der Waals surface area (Å²) in [6, 6.07) is 4.80. The summed E-state index contributed by atoms with van der Waals surface area (Å²) in [5.41, 5.74) is 3.89. The standard InChI is InChI=1S/C23H36N2O4/c1-17-18(2)22(27-3)7-5-19(17)15-24-10-9-21(25-11-13-29-14-12-25)20(16-24)6-8-23(26)28-4/h5,7,20-21H,6,8-16H2,1-4H3/t20-,21+/m0/s1. The molecule has 0 N–H and O–H groups in total. The monoisotopic (exact) mass is 404 g/mol. The number of benzene rings is 1. The Labute approximate surface area is 175 Å². The second kappa shape index (κ2) is 10.4. The molecule has 0 bridgehead atoms. The topological polar surface area (TPSA) is 51.2 Å². The number of esters is 1. The van der Waals surface area contributed by atoms with E-state index in [0.717, 1.165) is 64.5 Å². The van der Waals surface area contributed by atoms with Crippen molar-refractivity contribution < 1.29 is 19.0 Å². The van der Waals surface area contributed by atoms with Gasteiger partial charge in [0.15, 0.2) is 0 Å². The van der Waals surface area contributed by atoms with Crippen LogP contribution < -0.4 is 4.74 Å². The number of nitrogens with zero attached hydrogens (tertiary/aromatic N) is 2. The molecule has 1 aromatic rings.